The Morgan fingerprint density at radius 1 is 1.16 bits per heavy atom. The summed E-state index contributed by atoms with van der Waals surface area (Å²) in [6, 6.07) is 13.6. The smallest absolute Gasteiger partial charge is 0.285 e. The van der Waals surface area contributed by atoms with Crippen LogP contribution in [-0.4, -0.2) is 70.1 Å². The van der Waals surface area contributed by atoms with E-state index in [9.17, 15) is 13.8 Å². The van der Waals surface area contributed by atoms with E-state index in [0.29, 0.717) is 49.8 Å². The first-order chi connectivity index (χ1) is 24.7. The number of aromatic nitrogens is 2. The number of carbonyl (C=O) groups excluding carboxylic acids is 2. The van der Waals surface area contributed by atoms with Gasteiger partial charge in [-0.25, -0.2) is 4.21 Å². The maximum Gasteiger partial charge on any atom is 0.285 e. The number of halogens is 1. The Morgan fingerprint density at radius 3 is 2.84 bits per heavy atom. The van der Waals surface area contributed by atoms with Crippen molar-refractivity contribution in [1.82, 2.24) is 9.78 Å². The molecule has 0 unspecified atom stereocenters. The van der Waals surface area contributed by atoms with Crippen molar-refractivity contribution >= 4 is 38.7 Å². The molecule has 2 aliphatic heterocycles. The van der Waals surface area contributed by atoms with Crippen molar-refractivity contribution in [3.8, 4) is 5.75 Å². The number of nitrogens with zero attached hydrogens (tertiary/aromatic N) is 4. The number of hydrogen-bond acceptors (Lipinski definition) is 7. The number of ether oxygens (including phenoxy) is 2. The van der Waals surface area contributed by atoms with Gasteiger partial charge in [-0.1, -0.05) is 29.8 Å². The third-order valence-electron chi connectivity index (χ3n) is 11.5. The van der Waals surface area contributed by atoms with Gasteiger partial charge >= 0.3 is 0 Å². The third kappa shape index (κ3) is 7.69. The summed E-state index contributed by atoms with van der Waals surface area (Å²) in [4.78, 5) is 29.6. The van der Waals surface area contributed by atoms with Gasteiger partial charge in [0.15, 0.2) is 0 Å². The Balaban J connectivity index is 1.23. The Morgan fingerprint density at radius 2 is 2.04 bits per heavy atom. The molecule has 11 heteroatoms. The average molecular weight is 733 g/mol. The molecule has 51 heavy (non-hydrogen) atoms. The van der Waals surface area contributed by atoms with Gasteiger partial charge in [0.1, 0.15) is 11.5 Å². The van der Waals surface area contributed by atoms with Crippen LogP contribution in [-0.2, 0) is 44.1 Å². The van der Waals surface area contributed by atoms with Crippen molar-refractivity contribution in [2.75, 3.05) is 43.2 Å². The largest absolute Gasteiger partial charge is 0.490 e. The minimum atomic E-state index is -3.17. The molecule has 2 aromatic carbocycles. The number of hydrogen-bond donors (Lipinski definition) is 0. The number of ketones is 1. The quantitative estimate of drug-likeness (QED) is 0.236. The molecule has 5 atom stereocenters. The number of benzene rings is 2. The molecule has 2 aliphatic carbocycles. The number of carbonyl (C=O) groups is 2. The lowest BCUT2D eigenvalue weighted by molar-refractivity contribution is -0.116. The van der Waals surface area contributed by atoms with Crippen LogP contribution in [0.1, 0.15) is 79.0 Å². The predicted octanol–water partition coefficient (Wildman–Crippen LogP) is 7.23. The minimum Gasteiger partial charge on any atom is -0.490 e. The molecule has 1 fully saturated rings. The van der Waals surface area contributed by atoms with Gasteiger partial charge in [0, 0.05) is 66.8 Å². The van der Waals surface area contributed by atoms with Crippen molar-refractivity contribution in [3.05, 3.63) is 88.2 Å². The predicted molar refractivity (Wildman–Crippen MR) is 201 cm³/mol. The molecule has 9 nitrogen and oxygen atoms in total. The fourth-order valence-corrected chi connectivity index (χ4v) is 10.8. The lowest BCUT2D eigenvalue weighted by atomic mass is 9.68. The zero-order valence-electron chi connectivity index (χ0n) is 29.7. The number of anilines is 1. The van der Waals surface area contributed by atoms with Crippen LogP contribution in [0.25, 0.3) is 0 Å². The summed E-state index contributed by atoms with van der Waals surface area (Å²) in [5.41, 5.74) is 4.49. The molecule has 7 rings (SSSR count). The third-order valence-corrected chi connectivity index (χ3v) is 13.9. The van der Waals surface area contributed by atoms with E-state index in [0.717, 1.165) is 67.3 Å². The first-order valence-electron chi connectivity index (χ1n) is 18.5. The van der Waals surface area contributed by atoms with Crippen molar-refractivity contribution < 1.29 is 23.3 Å². The van der Waals surface area contributed by atoms with E-state index in [1.807, 2.05) is 35.9 Å². The van der Waals surface area contributed by atoms with Gasteiger partial charge in [-0.3, -0.25) is 14.3 Å². The topological polar surface area (TPSA) is 103 Å². The van der Waals surface area contributed by atoms with Crippen LogP contribution in [0.3, 0.4) is 0 Å². The second-order valence-corrected chi connectivity index (χ2v) is 17.6. The molecule has 1 spiro atoms. The maximum atomic E-state index is 14.4. The van der Waals surface area contributed by atoms with Crippen molar-refractivity contribution in [1.29, 1.82) is 0 Å². The summed E-state index contributed by atoms with van der Waals surface area (Å²) in [6.45, 7) is 4.78. The molecule has 1 aromatic heterocycles. The first-order valence-corrected chi connectivity index (χ1v) is 20.7. The highest BCUT2D eigenvalue weighted by Gasteiger charge is 2.44. The number of methoxy groups -OCH3 is 1. The molecular weight excluding hydrogens is 684 g/mol. The summed E-state index contributed by atoms with van der Waals surface area (Å²) in [7, 11) is -1.39. The summed E-state index contributed by atoms with van der Waals surface area (Å²) >= 11 is 6.46. The van der Waals surface area contributed by atoms with Crippen LogP contribution in [0.2, 0.25) is 5.02 Å². The molecule has 1 saturated carbocycles. The fourth-order valence-electron chi connectivity index (χ4n) is 8.64. The molecule has 0 saturated heterocycles. The average Bonchev–Trinajstić information content (AvgIpc) is 3.51. The Labute approximate surface area is 306 Å². The number of amides is 1. The maximum absolute atomic E-state index is 14.4. The lowest BCUT2D eigenvalue weighted by Crippen LogP contribution is -2.49. The van der Waals surface area contributed by atoms with Crippen molar-refractivity contribution in [2.45, 2.75) is 82.8 Å². The molecule has 3 heterocycles. The molecule has 1 amide bonds. The fraction of sp³-hybridized carbons (Fsp3) is 0.525. The highest BCUT2D eigenvalue weighted by Crippen LogP contribution is 2.47. The van der Waals surface area contributed by atoms with Crippen molar-refractivity contribution in [3.63, 3.8) is 0 Å². The minimum absolute atomic E-state index is 0.0223. The van der Waals surface area contributed by atoms with Gasteiger partial charge in [0.05, 0.1) is 33.9 Å². The summed E-state index contributed by atoms with van der Waals surface area (Å²) in [6.07, 6.45) is 13.1. The second kappa shape index (κ2) is 15.2. The molecule has 2 bridgehead atoms. The van der Waals surface area contributed by atoms with Crippen molar-refractivity contribution in [2.24, 2.45) is 16.2 Å². The van der Waals surface area contributed by atoms with Gasteiger partial charge in [0.2, 0.25) is 0 Å². The van der Waals surface area contributed by atoms with Gasteiger partial charge in [0.25, 0.3) is 5.91 Å². The molecular formula is C40H49ClN4O5S. The van der Waals surface area contributed by atoms with E-state index in [1.165, 1.54) is 11.1 Å². The van der Waals surface area contributed by atoms with Gasteiger partial charge in [-0.15, -0.1) is 0 Å². The van der Waals surface area contributed by atoms with E-state index in [-0.39, 0.29) is 35.2 Å². The summed E-state index contributed by atoms with van der Waals surface area (Å²) in [5.74, 6) is 0.699. The van der Waals surface area contributed by atoms with Crippen LogP contribution < -0.4 is 9.64 Å². The van der Waals surface area contributed by atoms with E-state index in [1.54, 1.807) is 19.4 Å². The SMILES string of the molecule is CCn1nccc1CCC(=O)C[S@@]1(=O)=NC(=O)c2ccc3c(c2)N(C[C@@H]2CC[C@H]2[C@@H](OC)/C=C/CCC1)C[C@@]1(CCCc2cc(Cl)ccc21)CO3. The van der Waals surface area contributed by atoms with E-state index >= 15 is 0 Å². The summed E-state index contributed by atoms with van der Waals surface area (Å²) < 4.78 is 33.3. The second-order valence-electron chi connectivity index (χ2n) is 14.8. The Hall–Kier alpha value is -3.47. The van der Waals surface area contributed by atoms with Gasteiger partial charge < -0.3 is 14.4 Å². The van der Waals surface area contributed by atoms with E-state index in [4.69, 9.17) is 21.1 Å². The zero-order valence-corrected chi connectivity index (χ0v) is 31.3. The van der Waals surface area contributed by atoms with Gasteiger partial charge in [-0.05, 0) is 118 Å². The van der Waals surface area contributed by atoms with Gasteiger partial charge in [-0.2, -0.15) is 9.46 Å². The molecule has 3 aromatic rings. The Bertz CT molecular complexity index is 1930. The Kier molecular flexibility index (Phi) is 10.7. The van der Waals surface area contributed by atoms with Crippen LogP contribution in [0.4, 0.5) is 5.69 Å². The number of fused-ring (bicyclic) bond motifs is 4. The van der Waals surface area contributed by atoms with E-state index in [2.05, 4.69) is 38.6 Å². The number of allylic oxidation sites excluding steroid dienone is 1. The first kappa shape index (κ1) is 35.9. The molecule has 0 N–H and O–H groups in total. The number of Topliss-reactive ketones (excluding diaryl/α,β-unsaturated/α-hetero) is 1. The van der Waals surface area contributed by atoms with Crippen LogP contribution >= 0.6 is 11.6 Å². The molecule has 4 aliphatic rings. The van der Waals surface area contributed by atoms with Crippen LogP contribution in [0, 0.1) is 11.8 Å². The normalized spacial score (nSPS) is 28.4. The monoisotopic (exact) mass is 732 g/mol. The number of rotatable bonds is 7. The molecule has 0 radical (unpaired) electrons. The highest BCUT2D eigenvalue weighted by molar-refractivity contribution is 7.94. The summed E-state index contributed by atoms with van der Waals surface area (Å²) in [5, 5.41) is 5.04. The lowest BCUT2D eigenvalue weighted by Gasteiger charge is -2.46. The van der Waals surface area contributed by atoms with Crippen LogP contribution in [0.5, 0.6) is 5.75 Å². The van der Waals surface area contributed by atoms with E-state index < -0.39 is 15.6 Å². The standard InChI is InChI=1S/C40H49ClN4O5S/c1-3-45-32(18-20-42-45)13-14-33(46)25-51(48)21-6-4-5-9-37(49-2)34-15-10-30(34)24-44-26-40(19-7-8-28-22-31(41)12-16-35(28)40)27-50-38-17-11-29(23-36(38)44)39(47)43-51/h5,9,11-12,16-18,20,22-23,30,34,37H,3-4,6-8,10,13-15,19,21,24-27H2,1-2H3/b9-5+/t30-,34+,37-,40-,51+/m0/s1. The molecule has 272 valence electrons. The van der Waals surface area contributed by atoms with Crippen LogP contribution in [0.15, 0.2) is 65.2 Å². The highest BCUT2D eigenvalue weighted by atomic mass is 35.5. The zero-order chi connectivity index (χ0) is 35.6. The number of aryl methyl sites for hydroxylation is 3.